The van der Waals surface area contributed by atoms with Crippen LogP contribution in [-0.2, 0) is 42.2 Å². The van der Waals surface area contributed by atoms with E-state index in [4.69, 9.17) is 23.3 Å². The van der Waals surface area contributed by atoms with Gasteiger partial charge in [0.25, 0.3) is 0 Å². The number of phosphoric ester groups is 1. The molecule has 0 amide bonds. The van der Waals surface area contributed by atoms with E-state index in [-0.39, 0.29) is 25.9 Å². The Morgan fingerprint density at radius 2 is 0.743 bits per heavy atom. The van der Waals surface area contributed by atoms with Crippen LogP contribution in [-0.4, -0.2) is 66.5 Å². The van der Waals surface area contributed by atoms with E-state index in [1.807, 2.05) is 0 Å². The van der Waals surface area contributed by atoms with Crippen LogP contribution in [0, 0.1) is 0 Å². The predicted molar refractivity (Wildman–Crippen MR) is 288 cm³/mol. The van der Waals surface area contributed by atoms with E-state index in [9.17, 15) is 28.9 Å². The lowest BCUT2D eigenvalue weighted by Crippen LogP contribution is -2.30. The highest BCUT2D eigenvalue weighted by molar-refractivity contribution is 7.47. The maximum atomic E-state index is 12.9. The molecule has 70 heavy (non-hydrogen) atoms. The summed E-state index contributed by atoms with van der Waals surface area (Å²) in [5.41, 5.74) is 0. The van der Waals surface area contributed by atoms with Gasteiger partial charge >= 0.3 is 25.7 Å². The van der Waals surface area contributed by atoms with Crippen LogP contribution in [0.25, 0.3) is 0 Å². The van der Waals surface area contributed by atoms with Crippen LogP contribution < -0.4 is 0 Å². The number of carbonyl (C=O) groups is 3. The average molecular weight is 1010 g/mol. The second-order valence-corrected chi connectivity index (χ2v) is 19.8. The van der Waals surface area contributed by atoms with Crippen LogP contribution >= 0.6 is 7.82 Å². The topological polar surface area (TPSA) is 155 Å². The van der Waals surface area contributed by atoms with E-state index in [0.717, 1.165) is 109 Å². The van der Waals surface area contributed by atoms with Crippen LogP contribution in [0.15, 0.2) is 72.9 Å². The zero-order valence-electron chi connectivity index (χ0n) is 44.5. The Morgan fingerprint density at radius 1 is 0.414 bits per heavy atom. The fourth-order valence-corrected chi connectivity index (χ4v) is 8.16. The molecule has 0 aromatic heterocycles. The lowest BCUT2D eigenvalue weighted by molar-refractivity contribution is -0.161. The van der Waals surface area contributed by atoms with Crippen molar-refractivity contribution >= 4 is 25.7 Å². The molecule has 0 aliphatic heterocycles. The number of aliphatic hydroxyl groups is 1. The van der Waals surface area contributed by atoms with E-state index in [0.29, 0.717) is 19.3 Å². The van der Waals surface area contributed by atoms with Gasteiger partial charge in [-0.2, -0.15) is 0 Å². The third kappa shape index (κ3) is 49.9. The Bertz CT molecular complexity index is 1450. The van der Waals surface area contributed by atoms with Gasteiger partial charge in [-0.25, -0.2) is 4.57 Å². The Kier molecular flexibility index (Phi) is 50.0. The van der Waals surface area contributed by atoms with Crippen molar-refractivity contribution in [3.63, 3.8) is 0 Å². The first-order valence-corrected chi connectivity index (χ1v) is 29.3. The molecule has 0 saturated carbocycles. The molecular weight excluding hydrogens is 904 g/mol. The Labute approximate surface area is 427 Å². The van der Waals surface area contributed by atoms with Crippen molar-refractivity contribution in [3.8, 4) is 0 Å². The summed E-state index contributed by atoms with van der Waals surface area (Å²) in [7, 11) is -4.75. The van der Waals surface area contributed by atoms with E-state index in [2.05, 4.69) is 93.7 Å². The van der Waals surface area contributed by atoms with Gasteiger partial charge in [0, 0.05) is 19.3 Å². The minimum Gasteiger partial charge on any atom is -0.462 e. The highest BCUT2D eigenvalue weighted by atomic mass is 31.2. The zero-order valence-corrected chi connectivity index (χ0v) is 45.4. The number of allylic oxidation sites excluding steroid dienone is 12. The summed E-state index contributed by atoms with van der Waals surface area (Å²) in [5, 5.41) is 9.79. The third-order valence-electron chi connectivity index (χ3n) is 11.6. The lowest BCUT2D eigenvalue weighted by Gasteiger charge is -2.21. The molecule has 0 aliphatic carbocycles. The van der Waals surface area contributed by atoms with Gasteiger partial charge in [0.15, 0.2) is 6.10 Å². The van der Waals surface area contributed by atoms with Crippen molar-refractivity contribution < 1.29 is 52.2 Å². The molecular formula is C58H101O11P. The first-order chi connectivity index (χ1) is 34.2. The average Bonchev–Trinajstić information content (AvgIpc) is 3.35. The van der Waals surface area contributed by atoms with E-state index < -0.39 is 57.8 Å². The summed E-state index contributed by atoms with van der Waals surface area (Å²) in [4.78, 5) is 48.4. The number of hydrogen-bond acceptors (Lipinski definition) is 10. The van der Waals surface area contributed by atoms with E-state index in [1.165, 1.54) is 70.6 Å². The molecule has 404 valence electrons. The SMILES string of the molecule is CC/C=C\C/C=C\C/C=C\C/C=C\C/C=C\CCCCCC(=O)OC(COC(=O)CCCCCCCCCCCCC)COP(=O)(O)OCC(CO)OC(=O)CCCCCCC/C=C\CCCCCC. The van der Waals surface area contributed by atoms with Gasteiger partial charge in [-0.05, 0) is 89.9 Å². The molecule has 2 N–H and O–H groups in total. The van der Waals surface area contributed by atoms with E-state index >= 15 is 0 Å². The molecule has 11 nitrogen and oxygen atoms in total. The van der Waals surface area contributed by atoms with Gasteiger partial charge < -0.3 is 24.2 Å². The van der Waals surface area contributed by atoms with Gasteiger partial charge in [0.2, 0.25) is 0 Å². The molecule has 0 saturated heterocycles. The second-order valence-electron chi connectivity index (χ2n) is 18.4. The fraction of sp³-hybridized carbons (Fsp3) is 0.741. The number of unbranched alkanes of at least 4 members (excludes halogenated alkanes) is 22. The highest BCUT2D eigenvalue weighted by Crippen LogP contribution is 2.43. The maximum absolute atomic E-state index is 12.9. The van der Waals surface area contributed by atoms with Crippen molar-refractivity contribution in [1.29, 1.82) is 0 Å². The Morgan fingerprint density at radius 3 is 1.19 bits per heavy atom. The van der Waals surface area contributed by atoms with Crippen LogP contribution in [0.3, 0.4) is 0 Å². The van der Waals surface area contributed by atoms with Gasteiger partial charge in [0.1, 0.15) is 12.7 Å². The van der Waals surface area contributed by atoms with Gasteiger partial charge in [-0.3, -0.25) is 23.4 Å². The molecule has 0 aromatic rings. The van der Waals surface area contributed by atoms with Gasteiger partial charge in [-0.15, -0.1) is 0 Å². The van der Waals surface area contributed by atoms with Gasteiger partial charge in [0.05, 0.1) is 19.8 Å². The first kappa shape index (κ1) is 66.9. The van der Waals surface area contributed by atoms with Crippen molar-refractivity contribution in [2.45, 2.75) is 251 Å². The third-order valence-corrected chi connectivity index (χ3v) is 12.6. The fourth-order valence-electron chi connectivity index (χ4n) is 7.38. The minimum atomic E-state index is -4.75. The number of carbonyl (C=O) groups excluding carboxylic acids is 3. The van der Waals surface area contributed by atoms with Crippen LogP contribution in [0.1, 0.15) is 239 Å². The van der Waals surface area contributed by atoms with Crippen molar-refractivity contribution in [1.82, 2.24) is 0 Å². The molecule has 0 bridgehead atoms. The number of hydrogen-bond donors (Lipinski definition) is 2. The molecule has 0 radical (unpaired) electrons. The summed E-state index contributed by atoms with van der Waals surface area (Å²) < 4.78 is 39.4. The molecule has 0 spiro atoms. The van der Waals surface area contributed by atoms with Crippen molar-refractivity contribution in [3.05, 3.63) is 72.9 Å². The van der Waals surface area contributed by atoms with Crippen LogP contribution in [0.4, 0.5) is 0 Å². The summed E-state index contributed by atoms with van der Waals surface area (Å²) in [6, 6.07) is 0. The zero-order chi connectivity index (χ0) is 51.3. The van der Waals surface area contributed by atoms with Crippen molar-refractivity contribution in [2.24, 2.45) is 0 Å². The summed E-state index contributed by atoms with van der Waals surface area (Å²) in [5.74, 6) is -1.51. The predicted octanol–water partition coefficient (Wildman–Crippen LogP) is 16.1. The minimum absolute atomic E-state index is 0.128. The van der Waals surface area contributed by atoms with Crippen LogP contribution in [0.2, 0.25) is 0 Å². The largest absolute Gasteiger partial charge is 0.472 e. The standard InChI is InChI=1S/C58H101O11P/c1-4-7-10-13-16-19-22-24-25-26-27-28-29-31-34-37-40-43-46-49-58(62)69-55(51-65-56(60)47-44-41-38-35-32-21-18-15-12-9-6-3)53-67-70(63,64)66-52-54(50-59)68-57(61)48-45-42-39-36-33-30-23-20-17-14-11-8-5-2/h7,10,16,19-20,23-25,27-28,31,34,54-55,59H,4-6,8-9,11-15,17-18,21-22,26,29-30,32-33,35-53H2,1-3H3,(H,63,64)/b10-7-,19-16-,23-20-,25-24-,28-27-,34-31-. The summed E-state index contributed by atoms with van der Waals surface area (Å²) in [6.45, 7) is 4.46. The molecule has 12 heteroatoms. The Balaban J connectivity index is 4.77. The summed E-state index contributed by atoms with van der Waals surface area (Å²) >= 11 is 0. The molecule has 0 rings (SSSR count). The highest BCUT2D eigenvalue weighted by Gasteiger charge is 2.28. The molecule has 3 atom stereocenters. The Hall–Kier alpha value is -3.08. The number of phosphoric acid groups is 1. The molecule has 0 fully saturated rings. The van der Waals surface area contributed by atoms with Crippen molar-refractivity contribution in [2.75, 3.05) is 26.4 Å². The number of rotatable bonds is 51. The number of ether oxygens (including phenoxy) is 3. The number of esters is 3. The lowest BCUT2D eigenvalue weighted by atomic mass is 10.1. The second kappa shape index (κ2) is 52.2. The molecule has 3 unspecified atom stereocenters. The smallest absolute Gasteiger partial charge is 0.462 e. The van der Waals surface area contributed by atoms with Gasteiger partial charge in [-0.1, -0.05) is 203 Å². The first-order valence-electron chi connectivity index (χ1n) is 27.8. The van der Waals surface area contributed by atoms with Crippen LogP contribution in [0.5, 0.6) is 0 Å². The molecule has 0 heterocycles. The normalized spacial score (nSPS) is 14.0. The van der Waals surface area contributed by atoms with E-state index in [1.54, 1.807) is 0 Å². The summed E-state index contributed by atoms with van der Waals surface area (Å²) in [6.07, 6.45) is 57.2. The molecule has 0 aromatic carbocycles. The number of aliphatic hydroxyl groups excluding tert-OH is 1. The molecule has 0 aliphatic rings. The quantitative estimate of drug-likeness (QED) is 0.0197. The monoisotopic (exact) mass is 1000 g/mol. The maximum Gasteiger partial charge on any atom is 0.472 e.